The summed E-state index contributed by atoms with van der Waals surface area (Å²) in [7, 11) is -1.88. The number of carbonyl (C=O) groups is 3. The number of benzene rings is 1. The van der Waals surface area contributed by atoms with Gasteiger partial charge >= 0.3 is 5.97 Å². The molecule has 0 saturated carbocycles. The molecule has 0 aromatic heterocycles. The van der Waals surface area contributed by atoms with Gasteiger partial charge in [-0.25, -0.2) is 13.2 Å². The highest BCUT2D eigenvalue weighted by Gasteiger charge is 2.17. The maximum Gasteiger partial charge on any atom is 0.335 e. The monoisotopic (exact) mass is 512 g/mol. The van der Waals surface area contributed by atoms with E-state index in [-0.39, 0.29) is 42.1 Å². The van der Waals surface area contributed by atoms with E-state index in [0.29, 0.717) is 38.2 Å². The van der Waals surface area contributed by atoms with E-state index in [2.05, 4.69) is 0 Å². The van der Waals surface area contributed by atoms with Crippen molar-refractivity contribution in [3.05, 3.63) is 29.8 Å². The lowest BCUT2D eigenvalue weighted by atomic mass is 10.1. The first-order valence-corrected chi connectivity index (χ1v) is 14.2. The first-order valence-electron chi connectivity index (χ1n) is 12.4. The van der Waals surface area contributed by atoms with Gasteiger partial charge in [0.15, 0.2) is 9.84 Å². The Labute approximate surface area is 209 Å². The molecular formula is C26H40O8S. The van der Waals surface area contributed by atoms with Crippen molar-refractivity contribution in [1.29, 1.82) is 0 Å². The van der Waals surface area contributed by atoms with Crippen LogP contribution in [0.3, 0.4) is 0 Å². The second-order valence-electron chi connectivity index (χ2n) is 8.77. The van der Waals surface area contributed by atoms with Crippen LogP contribution in [-0.2, 0) is 24.2 Å². The molecule has 0 heterocycles. The molecule has 0 bridgehead atoms. The SMILES string of the molecule is COCCCC(=O)CCCS(=O)(=O)CC(=O)CCCCCCCCCOc1ccc(C(=O)O)cc1. The van der Waals surface area contributed by atoms with Crippen molar-refractivity contribution < 1.29 is 37.4 Å². The van der Waals surface area contributed by atoms with Crippen molar-refractivity contribution in [3.8, 4) is 5.75 Å². The molecule has 1 aromatic rings. The fourth-order valence-electron chi connectivity index (χ4n) is 3.61. The van der Waals surface area contributed by atoms with Crippen LogP contribution in [0.4, 0.5) is 0 Å². The number of carboxylic acid groups (broad SMARTS) is 1. The number of ketones is 2. The van der Waals surface area contributed by atoms with E-state index < -0.39 is 21.6 Å². The zero-order chi connectivity index (χ0) is 25.9. The minimum Gasteiger partial charge on any atom is -0.494 e. The van der Waals surface area contributed by atoms with Crippen LogP contribution in [0.5, 0.6) is 5.75 Å². The molecule has 0 saturated heterocycles. The molecule has 1 N–H and O–H groups in total. The van der Waals surface area contributed by atoms with E-state index in [9.17, 15) is 22.8 Å². The summed E-state index contributed by atoms with van der Waals surface area (Å²) in [5.41, 5.74) is 0.235. The van der Waals surface area contributed by atoms with E-state index in [0.717, 1.165) is 38.5 Å². The van der Waals surface area contributed by atoms with Gasteiger partial charge in [0.2, 0.25) is 0 Å². The Bertz CT molecular complexity index is 862. The average Bonchev–Trinajstić information content (AvgIpc) is 2.80. The van der Waals surface area contributed by atoms with E-state index in [4.69, 9.17) is 14.6 Å². The van der Waals surface area contributed by atoms with Gasteiger partial charge in [-0.3, -0.25) is 9.59 Å². The summed E-state index contributed by atoms with van der Waals surface area (Å²) in [6.45, 7) is 1.10. The lowest BCUT2D eigenvalue weighted by Crippen LogP contribution is -2.19. The number of unbranched alkanes of at least 4 members (excludes halogenated alkanes) is 6. The predicted octanol–water partition coefficient (Wildman–Crippen LogP) is 4.64. The fraction of sp³-hybridized carbons (Fsp3) is 0.654. The molecule has 0 atom stereocenters. The molecule has 35 heavy (non-hydrogen) atoms. The average molecular weight is 513 g/mol. The van der Waals surface area contributed by atoms with Crippen LogP contribution in [0.15, 0.2) is 24.3 Å². The molecular weight excluding hydrogens is 472 g/mol. The minimum atomic E-state index is -3.45. The quantitative estimate of drug-likeness (QED) is 0.223. The summed E-state index contributed by atoms with van der Waals surface area (Å²) >= 11 is 0. The van der Waals surface area contributed by atoms with E-state index in [1.807, 2.05) is 0 Å². The normalized spacial score (nSPS) is 11.3. The Morgan fingerprint density at radius 3 is 1.94 bits per heavy atom. The zero-order valence-corrected chi connectivity index (χ0v) is 21.7. The smallest absolute Gasteiger partial charge is 0.335 e. The van der Waals surface area contributed by atoms with Crippen LogP contribution in [0.1, 0.15) is 87.4 Å². The number of carbonyl (C=O) groups excluding carboxylic acids is 2. The number of carboxylic acids is 1. The maximum atomic E-state index is 12.1. The number of aromatic carboxylic acids is 1. The second-order valence-corrected chi connectivity index (χ2v) is 11.0. The Morgan fingerprint density at radius 1 is 0.743 bits per heavy atom. The Kier molecular flexibility index (Phi) is 15.9. The molecule has 0 aliphatic heterocycles. The van der Waals surface area contributed by atoms with E-state index in [1.165, 1.54) is 12.1 Å². The maximum absolute atomic E-state index is 12.1. The van der Waals surface area contributed by atoms with Crippen molar-refractivity contribution in [2.24, 2.45) is 0 Å². The van der Waals surface area contributed by atoms with Gasteiger partial charge in [-0.15, -0.1) is 0 Å². The molecule has 1 aromatic carbocycles. The van der Waals surface area contributed by atoms with Gasteiger partial charge in [-0.05, 0) is 49.9 Å². The number of methoxy groups -OCH3 is 1. The van der Waals surface area contributed by atoms with E-state index >= 15 is 0 Å². The van der Waals surface area contributed by atoms with Crippen molar-refractivity contribution in [2.45, 2.75) is 77.0 Å². The molecule has 9 heteroatoms. The molecule has 0 amide bonds. The standard InChI is InChI=1S/C26H40O8S/c1-33-18-9-12-23(27)13-10-20-35(31,32)21-24(28)11-7-5-3-2-4-6-8-19-34-25-16-14-22(15-17-25)26(29)30/h14-17H,2-13,18-21H2,1H3,(H,29,30). The van der Waals surface area contributed by atoms with Gasteiger partial charge in [0.1, 0.15) is 23.1 Å². The molecule has 0 aliphatic carbocycles. The number of ether oxygens (including phenoxy) is 2. The molecule has 0 radical (unpaired) electrons. The molecule has 198 valence electrons. The Balaban J connectivity index is 2.00. The van der Waals surface area contributed by atoms with Gasteiger partial charge in [0.05, 0.1) is 17.9 Å². The van der Waals surface area contributed by atoms with Crippen LogP contribution >= 0.6 is 0 Å². The molecule has 0 unspecified atom stereocenters. The highest BCUT2D eigenvalue weighted by molar-refractivity contribution is 7.92. The summed E-state index contributed by atoms with van der Waals surface area (Å²) in [4.78, 5) is 34.5. The van der Waals surface area contributed by atoms with Crippen molar-refractivity contribution in [3.63, 3.8) is 0 Å². The number of hydrogen-bond donors (Lipinski definition) is 1. The third-order valence-corrected chi connectivity index (χ3v) is 7.24. The highest BCUT2D eigenvalue weighted by Crippen LogP contribution is 2.14. The van der Waals surface area contributed by atoms with Crippen LogP contribution in [0, 0.1) is 0 Å². The summed E-state index contributed by atoms with van der Waals surface area (Å²) in [6.07, 6.45) is 8.46. The first kappa shape index (κ1) is 30.8. The molecule has 0 aliphatic rings. The van der Waals surface area contributed by atoms with Gasteiger partial charge in [-0.2, -0.15) is 0 Å². The number of sulfone groups is 1. The van der Waals surface area contributed by atoms with Crippen molar-refractivity contribution in [2.75, 3.05) is 31.8 Å². The van der Waals surface area contributed by atoms with Crippen LogP contribution < -0.4 is 4.74 Å². The lowest BCUT2D eigenvalue weighted by Gasteiger charge is -2.07. The van der Waals surface area contributed by atoms with Gasteiger partial charge in [0, 0.05) is 33.0 Å². The molecule has 1 rings (SSSR count). The van der Waals surface area contributed by atoms with E-state index in [1.54, 1.807) is 19.2 Å². The predicted molar refractivity (Wildman–Crippen MR) is 135 cm³/mol. The van der Waals surface area contributed by atoms with Crippen molar-refractivity contribution >= 4 is 27.4 Å². The minimum absolute atomic E-state index is 0.0309. The summed E-state index contributed by atoms with van der Waals surface area (Å²) < 4.78 is 34.7. The van der Waals surface area contributed by atoms with Gasteiger partial charge in [-0.1, -0.05) is 32.1 Å². The van der Waals surface area contributed by atoms with Crippen LogP contribution in [-0.4, -0.2) is 62.9 Å². The molecule has 8 nitrogen and oxygen atoms in total. The highest BCUT2D eigenvalue weighted by atomic mass is 32.2. The Hall–Kier alpha value is -2.26. The molecule has 0 spiro atoms. The fourth-order valence-corrected chi connectivity index (χ4v) is 4.97. The topological polar surface area (TPSA) is 124 Å². The third-order valence-electron chi connectivity index (χ3n) is 5.57. The summed E-state index contributed by atoms with van der Waals surface area (Å²) in [6, 6.07) is 6.35. The van der Waals surface area contributed by atoms with Gasteiger partial charge < -0.3 is 14.6 Å². The second kappa shape index (κ2) is 18.1. The number of Topliss-reactive ketones (excluding diaryl/α,β-unsaturated/α-hetero) is 2. The summed E-state index contributed by atoms with van der Waals surface area (Å²) in [5, 5.41) is 8.87. The third kappa shape index (κ3) is 16.1. The van der Waals surface area contributed by atoms with Crippen LogP contribution in [0.2, 0.25) is 0 Å². The number of hydrogen-bond acceptors (Lipinski definition) is 7. The van der Waals surface area contributed by atoms with Crippen LogP contribution in [0.25, 0.3) is 0 Å². The zero-order valence-electron chi connectivity index (χ0n) is 20.8. The first-order chi connectivity index (χ1) is 16.7. The number of rotatable bonds is 22. The van der Waals surface area contributed by atoms with Crippen molar-refractivity contribution in [1.82, 2.24) is 0 Å². The molecule has 0 fully saturated rings. The van der Waals surface area contributed by atoms with Gasteiger partial charge in [0.25, 0.3) is 0 Å². The Morgan fingerprint density at radius 2 is 1.31 bits per heavy atom. The largest absolute Gasteiger partial charge is 0.494 e. The lowest BCUT2D eigenvalue weighted by molar-refractivity contribution is -0.119. The summed E-state index contributed by atoms with van der Waals surface area (Å²) in [5.74, 6) is -1.06.